The van der Waals surface area contributed by atoms with Crippen LogP contribution in [-0.4, -0.2) is 25.2 Å². The van der Waals surface area contributed by atoms with Crippen LogP contribution in [0.4, 0.5) is 5.82 Å². The van der Waals surface area contributed by atoms with Gasteiger partial charge in [-0.1, -0.05) is 0 Å². The number of hydrogen-bond donors (Lipinski definition) is 0. The molecule has 1 aromatic rings. The predicted octanol–water partition coefficient (Wildman–Crippen LogP) is 1.56. The molecule has 4 nitrogen and oxygen atoms in total. The van der Waals surface area contributed by atoms with Gasteiger partial charge in [0, 0.05) is 26.4 Å². The van der Waals surface area contributed by atoms with E-state index in [1.54, 1.807) is 12.3 Å². The van der Waals surface area contributed by atoms with Crippen LogP contribution in [-0.2, 0) is 0 Å². The Labute approximate surface area is 89.1 Å². The molecule has 1 aliphatic carbocycles. The summed E-state index contributed by atoms with van der Waals surface area (Å²) in [6, 6.07) is 3.90. The number of rotatable bonds is 3. The minimum absolute atomic E-state index is 0.300. The van der Waals surface area contributed by atoms with Crippen LogP contribution in [0, 0.1) is 11.3 Å². The van der Waals surface area contributed by atoms with Crippen LogP contribution < -0.4 is 9.64 Å². The van der Waals surface area contributed by atoms with Gasteiger partial charge in [-0.25, -0.2) is 4.98 Å². The third kappa shape index (κ3) is 2.01. The van der Waals surface area contributed by atoms with E-state index in [0.717, 1.165) is 12.8 Å². The van der Waals surface area contributed by atoms with E-state index in [4.69, 9.17) is 10.00 Å². The maximum Gasteiger partial charge on any atom is 0.149 e. The number of pyridine rings is 1. The SMILES string of the molecule is CN(C)c1nccc(OC2CC2)c1C#N. The third-order valence-electron chi connectivity index (χ3n) is 2.25. The molecule has 0 radical (unpaired) electrons. The van der Waals surface area contributed by atoms with Crippen molar-refractivity contribution in [3.8, 4) is 11.8 Å². The van der Waals surface area contributed by atoms with Gasteiger partial charge in [0.15, 0.2) is 0 Å². The van der Waals surface area contributed by atoms with E-state index in [0.29, 0.717) is 23.2 Å². The highest BCUT2D eigenvalue weighted by Crippen LogP contribution is 2.31. The van der Waals surface area contributed by atoms with E-state index in [1.165, 1.54) is 0 Å². The van der Waals surface area contributed by atoms with Crippen LogP contribution in [0.25, 0.3) is 0 Å². The van der Waals surface area contributed by atoms with Gasteiger partial charge in [0.1, 0.15) is 23.2 Å². The number of nitriles is 1. The highest BCUT2D eigenvalue weighted by Gasteiger charge is 2.25. The van der Waals surface area contributed by atoms with E-state index in [2.05, 4.69) is 11.1 Å². The lowest BCUT2D eigenvalue weighted by Crippen LogP contribution is -2.13. The number of hydrogen-bond acceptors (Lipinski definition) is 4. The molecule has 78 valence electrons. The zero-order chi connectivity index (χ0) is 10.8. The molecular weight excluding hydrogens is 190 g/mol. The van der Waals surface area contributed by atoms with Crippen molar-refractivity contribution in [2.45, 2.75) is 18.9 Å². The maximum atomic E-state index is 9.08. The molecule has 1 aromatic heterocycles. The lowest BCUT2D eigenvalue weighted by Gasteiger charge is -2.15. The van der Waals surface area contributed by atoms with Gasteiger partial charge in [0.2, 0.25) is 0 Å². The molecule has 0 spiro atoms. The van der Waals surface area contributed by atoms with E-state index in [9.17, 15) is 0 Å². The average molecular weight is 203 g/mol. The second kappa shape index (κ2) is 3.77. The molecular formula is C11H13N3O. The van der Waals surface area contributed by atoms with E-state index >= 15 is 0 Å². The molecule has 0 aromatic carbocycles. The predicted molar refractivity (Wildman–Crippen MR) is 56.9 cm³/mol. The van der Waals surface area contributed by atoms with Gasteiger partial charge in [-0.15, -0.1) is 0 Å². The summed E-state index contributed by atoms with van der Waals surface area (Å²) in [4.78, 5) is 5.98. The minimum Gasteiger partial charge on any atom is -0.489 e. The molecule has 0 aliphatic heterocycles. The van der Waals surface area contributed by atoms with Gasteiger partial charge in [-0.05, 0) is 12.8 Å². The molecule has 4 heteroatoms. The molecule has 2 rings (SSSR count). The molecule has 0 bridgehead atoms. The summed E-state index contributed by atoms with van der Waals surface area (Å²) in [6.07, 6.45) is 4.15. The van der Waals surface area contributed by atoms with Crippen molar-refractivity contribution < 1.29 is 4.74 Å². The number of aromatic nitrogens is 1. The summed E-state index contributed by atoms with van der Waals surface area (Å²) in [5.74, 6) is 1.31. The Bertz CT molecular complexity index is 405. The molecule has 0 atom stereocenters. The highest BCUT2D eigenvalue weighted by molar-refractivity contribution is 5.59. The van der Waals surface area contributed by atoms with E-state index < -0.39 is 0 Å². The van der Waals surface area contributed by atoms with Crippen molar-refractivity contribution in [3.05, 3.63) is 17.8 Å². The van der Waals surface area contributed by atoms with E-state index in [-0.39, 0.29) is 0 Å². The summed E-state index contributed by atoms with van der Waals surface area (Å²) in [5.41, 5.74) is 0.523. The number of ether oxygens (including phenoxy) is 1. The zero-order valence-electron chi connectivity index (χ0n) is 8.90. The van der Waals surface area contributed by atoms with Crippen molar-refractivity contribution >= 4 is 5.82 Å². The smallest absolute Gasteiger partial charge is 0.149 e. The topological polar surface area (TPSA) is 49.2 Å². The molecule has 0 unspecified atom stereocenters. The second-order valence-electron chi connectivity index (χ2n) is 3.83. The van der Waals surface area contributed by atoms with Crippen molar-refractivity contribution in [3.63, 3.8) is 0 Å². The van der Waals surface area contributed by atoms with Crippen LogP contribution in [0.2, 0.25) is 0 Å². The van der Waals surface area contributed by atoms with Gasteiger partial charge >= 0.3 is 0 Å². The van der Waals surface area contributed by atoms with Crippen molar-refractivity contribution in [2.75, 3.05) is 19.0 Å². The summed E-state index contributed by atoms with van der Waals surface area (Å²) in [5, 5.41) is 9.08. The van der Waals surface area contributed by atoms with Crippen molar-refractivity contribution in [1.29, 1.82) is 5.26 Å². The second-order valence-corrected chi connectivity index (χ2v) is 3.83. The van der Waals surface area contributed by atoms with E-state index in [1.807, 2.05) is 19.0 Å². The lowest BCUT2D eigenvalue weighted by atomic mass is 10.2. The first-order valence-corrected chi connectivity index (χ1v) is 4.95. The number of nitrogens with zero attached hydrogens (tertiary/aromatic N) is 3. The summed E-state index contributed by atoms with van der Waals surface area (Å²) < 4.78 is 5.65. The monoisotopic (exact) mass is 203 g/mol. The Morgan fingerprint density at radius 2 is 2.27 bits per heavy atom. The first kappa shape index (κ1) is 9.78. The highest BCUT2D eigenvalue weighted by atomic mass is 16.5. The van der Waals surface area contributed by atoms with Gasteiger partial charge in [-0.2, -0.15) is 5.26 Å². The standard InChI is InChI=1S/C11H13N3O/c1-14(2)11-9(7-12)10(5-6-13-11)15-8-3-4-8/h5-6,8H,3-4H2,1-2H3. The molecule has 1 heterocycles. The van der Waals surface area contributed by atoms with Gasteiger partial charge in [0.05, 0.1) is 6.10 Å². The van der Waals surface area contributed by atoms with Crippen LogP contribution in [0.15, 0.2) is 12.3 Å². The van der Waals surface area contributed by atoms with Crippen molar-refractivity contribution in [1.82, 2.24) is 4.98 Å². The molecule has 1 fully saturated rings. The average Bonchev–Trinajstić information content (AvgIpc) is 3.01. The number of anilines is 1. The van der Waals surface area contributed by atoms with Crippen LogP contribution in [0.3, 0.4) is 0 Å². The van der Waals surface area contributed by atoms with Crippen LogP contribution in [0.1, 0.15) is 18.4 Å². The lowest BCUT2D eigenvalue weighted by molar-refractivity contribution is 0.302. The molecule has 0 N–H and O–H groups in total. The molecule has 1 saturated carbocycles. The van der Waals surface area contributed by atoms with Gasteiger partial charge < -0.3 is 9.64 Å². The molecule has 15 heavy (non-hydrogen) atoms. The Morgan fingerprint density at radius 1 is 1.53 bits per heavy atom. The largest absolute Gasteiger partial charge is 0.489 e. The first-order chi connectivity index (χ1) is 7.22. The third-order valence-corrected chi connectivity index (χ3v) is 2.25. The fourth-order valence-corrected chi connectivity index (χ4v) is 1.34. The first-order valence-electron chi connectivity index (χ1n) is 4.95. The normalized spacial score (nSPS) is 14.5. The summed E-state index contributed by atoms with van der Waals surface area (Å²) >= 11 is 0. The molecule has 0 amide bonds. The van der Waals surface area contributed by atoms with Gasteiger partial charge in [0.25, 0.3) is 0 Å². The van der Waals surface area contributed by atoms with Crippen LogP contribution in [0.5, 0.6) is 5.75 Å². The summed E-state index contributed by atoms with van der Waals surface area (Å²) in [6.45, 7) is 0. The Hall–Kier alpha value is -1.76. The Kier molecular flexibility index (Phi) is 2.46. The van der Waals surface area contributed by atoms with Crippen molar-refractivity contribution in [2.24, 2.45) is 0 Å². The summed E-state index contributed by atoms with van der Waals surface area (Å²) in [7, 11) is 3.73. The quantitative estimate of drug-likeness (QED) is 0.748. The molecule has 0 saturated heterocycles. The maximum absolute atomic E-state index is 9.08. The zero-order valence-corrected chi connectivity index (χ0v) is 8.90. The van der Waals surface area contributed by atoms with Gasteiger partial charge in [-0.3, -0.25) is 0 Å². The molecule has 1 aliphatic rings. The Morgan fingerprint density at radius 3 is 2.80 bits per heavy atom. The Balaban J connectivity index is 2.36. The minimum atomic E-state index is 0.300. The fourth-order valence-electron chi connectivity index (χ4n) is 1.34. The van der Waals surface area contributed by atoms with Crippen LogP contribution >= 0.6 is 0 Å². The fraction of sp³-hybridized carbons (Fsp3) is 0.455.